The van der Waals surface area contributed by atoms with Crippen molar-refractivity contribution in [3.8, 4) is 0 Å². The molecule has 0 saturated carbocycles. The van der Waals surface area contributed by atoms with Gasteiger partial charge in [0.2, 0.25) is 0 Å². The molecular weight excluding hydrogens is 208 g/mol. The highest BCUT2D eigenvalue weighted by atomic mass is 35.5. The first-order valence-corrected chi connectivity index (χ1v) is 5.07. The Bertz CT molecular complexity index is 425. The Morgan fingerprint density at radius 3 is 2.87 bits per heavy atom. The van der Waals surface area contributed by atoms with Crippen LogP contribution in [0.15, 0.2) is 30.6 Å². The third-order valence-corrected chi connectivity index (χ3v) is 2.64. The van der Waals surface area contributed by atoms with Crippen LogP contribution in [0.5, 0.6) is 0 Å². The van der Waals surface area contributed by atoms with Crippen LogP contribution in [0.25, 0.3) is 0 Å². The summed E-state index contributed by atoms with van der Waals surface area (Å²) in [6.07, 6.45) is 5.18. The molecule has 0 spiro atoms. The quantitative estimate of drug-likeness (QED) is 0.773. The summed E-state index contributed by atoms with van der Waals surface area (Å²) >= 11 is 6.07. The van der Waals surface area contributed by atoms with Crippen LogP contribution in [-0.4, -0.2) is 9.97 Å². The normalized spacial score (nSPS) is 10.3. The van der Waals surface area contributed by atoms with E-state index in [4.69, 9.17) is 11.6 Å². The molecule has 2 aromatic rings. The third-order valence-electron chi connectivity index (χ3n) is 2.27. The van der Waals surface area contributed by atoms with Crippen molar-refractivity contribution in [1.82, 2.24) is 9.97 Å². The van der Waals surface area contributed by atoms with Crippen molar-refractivity contribution in [2.24, 2.45) is 0 Å². The molecule has 0 aliphatic rings. The highest BCUT2D eigenvalue weighted by Gasteiger charge is 2.04. The van der Waals surface area contributed by atoms with Crippen LogP contribution in [0.3, 0.4) is 0 Å². The molecule has 1 aromatic carbocycles. The lowest BCUT2D eigenvalue weighted by Gasteiger charge is -2.05. The minimum absolute atomic E-state index is 0.729. The Morgan fingerprint density at radius 2 is 2.13 bits per heavy atom. The van der Waals surface area contributed by atoms with Crippen LogP contribution >= 0.6 is 11.6 Å². The van der Waals surface area contributed by atoms with Crippen molar-refractivity contribution in [2.75, 3.05) is 0 Å². The van der Waals surface area contributed by atoms with Crippen LogP contribution in [0, 0.1) is 13.1 Å². The molecule has 3 heteroatoms. The van der Waals surface area contributed by atoms with E-state index in [-0.39, 0.29) is 0 Å². The fraction of sp³-hybridized carbons (Fsp3) is 0.167. The van der Waals surface area contributed by atoms with Crippen molar-refractivity contribution in [3.63, 3.8) is 0 Å². The maximum Gasteiger partial charge on any atom is 0.116 e. The Morgan fingerprint density at radius 1 is 1.33 bits per heavy atom. The van der Waals surface area contributed by atoms with Gasteiger partial charge in [0.1, 0.15) is 6.33 Å². The molecule has 0 fully saturated rings. The Kier molecular flexibility index (Phi) is 2.97. The molecule has 0 atom stereocenters. The van der Waals surface area contributed by atoms with Crippen molar-refractivity contribution in [1.29, 1.82) is 0 Å². The summed E-state index contributed by atoms with van der Waals surface area (Å²) < 4.78 is 0. The molecule has 0 amide bonds. The summed E-state index contributed by atoms with van der Waals surface area (Å²) in [6.45, 7) is 1.95. The van der Waals surface area contributed by atoms with E-state index in [1.165, 1.54) is 6.33 Å². The number of aromatic nitrogens is 2. The molecule has 0 bridgehead atoms. The van der Waals surface area contributed by atoms with E-state index in [9.17, 15) is 0 Å². The van der Waals surface area contributed by atoms with Gasteiger partial charge in [0, 0.05) is 22.7 Å². The second kappa shape index (κ2) is 4.41. The molecule has 1 heterocycles. The SMILES string of the molecule is Cc1ncn[c]c1Cc1ccccc1Cl. The largest absolute Gasteiger partial charge is 0.241 e. The maximum absolute atomic E-state index is 6.07. The van der Waals surface area contributed by atoms with Crippen LogP contribution in [-0.2, 0) is 6.42 Å². The van der Waals surface area contributed by atoms with E-state index in [1.54, 1.807) is 0 Å². The molecule has 15 heavy (non-hydrogen) atoms. The van der Waals surface area contributed by atoms with Crippen LogP contribution < -0.4 is 0 Å². The number of halogens is 1. The molecule has 0 aliphatic carbocycles. The smallest absolute Gasteiger partial charge is 0.116 e. The third kappa shape index (κ3) is 2.34. The average molecular weight is 218 g/mol. The lowest BCUT2D eigenvalue weighted by atomic mass is 10.1. The summed E-state index contributed by atoms with van der Waals surface area (Å²) in [6, 6.07) is 7.78. The average Bonchev–Trinajstić information content (AvgIpc) is 2.24. The van der Waals surface area contributed by atoms with E-state index < -0.39 is 0 Å². The van der Waals surface area contributed by atoms with Crippen LogP contribution in [0.4, 0.5) is 0 Å². The van der Waals surface area contributed by atoms with Crippen molar-refractivity contribution in [3.05, 3.63) is 58.6 Å². The Labute approximate surface area is 94.0 Å². The number of benzene rings is 1. The first kappa shape index (κ1) is 10.1. The fourth-order valence-electron chi connectivity index (χ4n) is 1.38. The molecule has 1 aromatic heterocycles. The van der Waals surface area contributed by atoms with Gasteiger partial charge >= 0.3 is 0 Å². The highest BCUT2D eigenvalue weighted by Crippen LogP contribution is 2.19. The van der Waals surface area contributed by atoms with Gasteiger partial charge in [0.05, 0.1) is 6.20 Å². The Balaban J connectivity index is 2.30. The molecule has 1 radical (unpaired) electrons. The monoisotopic (exact) mass is 217 g/mol. The molecule has 0 saturated heterocycles. The summed E-state index contributed by atoms with van der Waals surface area (Å²) in [7, 11) is 0. The maximum atomic E-state index is 6.07. The van der Waals surface area contributed by atoms with E-state index in [0.29, 0.717) is 0 Å². The number of aryl methyl sites for hydroxylation is 1. The second-order valence-electron chi connectivity index (χ2n) is 3.32. The molecule has 2 nitrogen and oxygen atoms in total. The minimum atomic E-state index is 0.729. The molecule has 0 N–H and O–H groups in total. The minimum Gasteiger partial charge on any atom is -0.241 e. The van der Waals surface area contributed by atoms with E-state index in [0.717, 1.165) is 28.3 Å². The van der Waals surface area contributed by atoms with E-state index in [2.05, 4.69) is 16.2 Å². The number of nitrogens with zero attached hydrogens (tertiary/aromatic N) is 2. The molecular formula is C12H10ClN2. The van der Waals surface area contributed by atoms with Gasteiger partial charge in [0.25, 0.3) is 0 Å². The molecule has 0 unspecified atom stereocenters. The predicted molar refractivity (Wildman–Crippen MR) is 59.9 cm³/mol. The summed E-state index contributed by atoms with van der Waals surface area (Å²) in [5.74, 6) is 0. The first-order chi connectivity index (χ1) is 7.27. The van der Waals surface area contributed by atoms with Crippen molar-refractivity contribution >= 4 is 11.6 Å². The van der Waals surface area contributed by atoms with Gasteiger partial charge in [-0.15, -0.1) is 0 Å². The molecule has 0 aliphatic heterocycles. The molecule has 75 valence electrons. The zero-order chi connectivity index (χ0) is 10.7. The standard InChI is InChI=1S/C12H10ClN2/c1-9-11(7-14-8-15-9)6-10-4-2-3-5-12(10)13/h2-5,8H,6H2,1H3. The highest BCUT2D eigenvalue weighted by molar-refractivity contribution is 6.31. The van der Waals surface area contributed by atoms with Gasteiger partial charge in [-0.1, -0.05) is 29.8 Å². The van der Waals surface area contributed by atoms with Gasteiger partial charge in [-0.3, -0.25) is 0 Å². The Hall–Kier alpha value is -1.41. The number of hydrogen-bond donors (Lipinski definition) is 0. The lowest BCUT2D eigenvalue weighted by Crippen LogP contribution is -1.96. The zero-order valence-electron chi connectivity index (χ0n) is 8.37. The number of hydrogen-bond acceptors (Lipinski definition) is 2. The summed E-state index contributed by atoms with van der Waals surface area (Å²) in [5.41, 5.74) is 3.02. The van der Waals surface area contributed by atoms with Crippen molar-refractivity contribution in [2.45, 2.75) is 13.3 Å². The molecule has 2 rings (SSSR count). The lowest BCUT2D eigenvalue weighted by molar-refractivity contribution is 1.01. The van der Waals surface area contributed by atoms with Gasteiger partial charge in [-0.25, -0.2) is 9.97 Å². The van der Waals surface area contributed by atoms with Crippen molar-refractivity contribution < 1.29 is 0 Å². The van der Waals surface area contributed by atoms with Crippen LogP contribution in [0.1, 0.15) is 16.8 Å². The summed E-state index contributed by atoms with van der Waals surface area (Å²) in [4.78, 5) is 8.01. The fourth-order valence-corrected chi connectivity index (χ4v) is 1.58. The van der Waals surface area contributed by atoms with E-state index in [1.807, 2.05) is 31.2 Å². The van der Waals surface area contributed by atoms with Gasteiger partial charge in [-0.05, 0) is 18.6 Å². The number of rotatable bonds is 2. The van der Waals surface area contributed by atoms with Gasteiger partial charge < -0.3 is 0 Å². The predicted octanol–water partition coefficient (Wildman–Crippen LogP) is 2.83. The summed E-state index contributed by atoms with van der Waals surface area (Å²) in [5, 5.41) is 0.772. The second-order valence-corrected chi connectivity index (χ2v) is 3.72. The van der Waals surface area contributed by atoms with Gasteiger partial charge in [-0.2, -0.15) is 0 Å². The van der Waals surface area contributed by atoms with Gasteiger partial charge in [0.15, 0.2) is 0 Å². The topological polar surface area (TPSA) is 25.8 Å². The zero-order valence-corrected chi connectivity index (χ0v) is 9.12. The van der Waals surface area contributed by atoms with E-state index >= 15 is 0 Å². The first-order valence-electron chi connectivity index (χ1n) is 4.69. The van der Waals surface area contributed by atoms with Crippen LogP contribution in [0.2, 0.25) is 5.02 Å².